The Morgan fingerprint density at radius 2 is 1.86 bits per heavy atom. The van der Waals surface area contributed by atoms with Crippen molar-refractivity contribution in [1.29, 1.82) is 0 Å². The van der Waals surface area contributed by atoms with Crippen molar-refractivity contribution in [3.63, 3.8) is 0 Å². The molecule has 1 aromatic rings. The van der Waals surface area contributed by atoms with Gasteiger partial charge < -0.3 is 10.2 Å². The van der Waals surface area contributed by atoms with Gasteiger partial charge in [0.1, 0.15) is 0 Å². The van der Waals surface area contributed by atoms with E-state index in [-0.39, 0.29) is 35.8 Å². The third-order valence-corrected chi connectivity index (χ3v) is 7.10. The molecule has 1 atom stereocenters. The largest absolute Gasteiger partial charge is 0.354 e. The summed E-state index contributed by atoms with van der Waals surface area (Å²) in [5, 5.41) is 2.62. The lowest BCUT2D eigenvalue weighted by Crippen LogP contribution is -2.49. The summed E-state index contributed by atoms with van der Waals surface area (Å²) in [6.07, 6.45) is 5.05. The van der Waals surface area contributed by atoms with E-state index in [0.29, 0.717) is 18.7 Å². The lowest BCUT2D eigenvalue weighted by atomic mass is 10.1. The molecule has 1 aliphatic rings. The molecule has 1 aromatic carbocycles. The van der Waals surface area contributed by atoms with Gasteiger partial charge >= 0.3 is 0 Å². The van der Waals surface area contributed by atoms with Crippen LogP contribution >= 0.6 is 0 Å². The molecule has 1 N–H and O–H groups in total. The van der Waals surface area contributed by atoms with Gasteiger partial charge in [-0.2, -0.15) is 4.31 Å². The third kappa shape index (κ3) is 6.02. The first-order valence-electron chi connectivity index (χ1n) is 10.5. The molecule has 2 amide bonds. The molecule has 0 saturated carbocycles. The van der Waals surface area contributed by atoms with Crippen LogP contribution in [-0.2, 0) is 14.8 Å². The second-order valence-corrected chi connectivity index (χ2v) is 9.49. The Kier molecular flexibility index (Phi) is 8.64. The predicted octanol–water partition coefficient (Wildman–Crippen LogP) is 2.63. The summed E-state index contributed by atoms with van der Waals surface area (Å²) in [5.74, 6) is -0.373. The molecule has 0 radical (unpaired) electrons. The molecular formula is C21H33N3O4S. The minimum Gasteiger partial charge on any atom is -0.354 e. The first kappa shape index (κ1) is 23.3. The van der Waals surface area contributed by atoms with Gasteiger partial charge in [0, 0.05) is 31.2 Å². The fourth-order valence-electron chi connectivity index (χ4n) is 3.53. The molecule has 0 aliphatic carbocycles. The van der Waals surface area contributed by atoms with Crippen LogP contribution in [0.4, 0.5) is 0 Å². The Hall–Kier alpha value is -1.93. The van der Waals surface area contributed by atoms with Crippen molar-refractivity contribution in [3.8, 4) is 0 Å². The maximum absolute atomic E-state index is 13.1. The van der Waals surface area contributed by atoms with Crippen molar-refractivity contribution in [1.82, 2.24) is 14.5 Å². The number of hydrogen-bond donors (Lipinski definition) is 1. The fraction of sp³-hybridized carbons (Fsp3) is 0.619. The molecule has 1 fully saturated rings. The highest BCUT2D eigenvalue weighted by Crippen LogP contribution is 2.19. The van der Waals surface area contributed by atoms with Crippen molar-refractivity contribution in [2.24, 2.45) is 0 Å². The number of rotatable bonds is 10. The van der Waals surface area contributed by atoms with Crippen LogP contribution < -0.4 is 5.32 Å². The first-order chi connectivity index (χ1) is 13.8. The van der Waals surface area contributed by atoms with Crippen molar-refractivity contribution in [2.45, 2.75) is 63.8 Å². The van der Waals surface area contributed by atoms with Gasteiger partial charge in [0.2, 0.25) is 15.9 Å². The van der Waals surface area contributed by atoms with Gasteiger partial charge in [0.05, 0.1) is 11.4 Å². The number of carbonyl (C=O) groups excluding carboxylic acids is 2. The highest BCUT2D eigenvalue weighted by Gasteiger charge is 2.29. The van der Waals surface area contributed by atoms with Crippen LogP contribution in [0, 0.1) is 0 Å². The highest BCUT2D eigenvalue weighted by atomic mass is 32.2. The molecular weight excluding hydrogens is 390 g/mol. The van der Waals surface area contributed by atoms with Gasteiger partial charge in [-0.1, -0.05) is 33.1 Å². The van der Waals surface area contributed by atoms with E-state index in [4.69, 9.17) is 0 Å². The summed E-state index contributed by atoms with van der Waals surface area (Å²) in [7, 11) is -3.75. The van der Waals surface area contributed by atoms with Crippen LogP contribution in [0.15, 0.2) is 29.2 Å². The second kappa shape index (κ2) is 10.7. The molecule has 0 bridgehead atoms. The Labute approximate surface area is 174 Å². The zero-order valence-electron chi connectivity index (χ0n) is 17.7. The monoisotopic (exact) mass is 423 g/mol. The van der Waals surface area contributed by atoms with Crippen LogP contribution in [0.25, 0.3) is 0 Å². The van der Waals surface area contributed by atoms with E-state index in [0.717, 1.165) is 32.1 Å². The van der Waals surface area contributed by atoms with Crippen LogP contribution in [0.1, 0.15) is 63.2 Å². The minimum absolute atomic E-state index is 0.0663. The van der Waals surface area contributed by atoms with Crippen molar-refractivity contribution >= 4 is 21.8 Å². The molecule has 2 rings (SSSR count). The van der Waals surface area contributed by atoms with Gasteiger partial charge in [-0.25, -0.2) is 8.42 Å². The molecule has 29 heavy (non-hydrogen) atoms. The van der Waals surface area contributed by atoms with E-state index in [1.54, 1.807) is 12.1 Å². The zero-order chi connectivity index (χ0) is 21.4. The van der Waals surface area contributed by atoms with Crippen LogP contribution in [0.5, 0.6) is 0 Å². The van der Waals surface area contributed by atoms with E-state index in [9.17, 15) is 18.0 Å². The number of sulfonamides is 1. The van der Waals surface area contributed by atoms with Crippen molar-refractivity contribution in [2.75, 3.05) is 26.2 Å². The number of nitrogens with one attached hydrogen (secondary N) is 1. The average Bonchev–Trinajstić information content (AvgIpc) is 2.71. The number of carbonyl (C=O) groups is 2. The fourth-order valence-corrected chi connectivity index (χ4v) is 4.93. The number of unbranched alkanes of at least 4 members (excludes halogenated alkanes) is 2. The Balaban J connectivity index is 2.17. The number of nitrogens with zero attached hydrogens (tertiary/aromatic N) is 2. The summed E-state index contributed by atoms with van der Waals surface area (Å²) >= 11 is 0. The number of hydrogen-bond acceptors (Lipinski definition) is 4. The molecule has 8 heteroatoms. The molecule has 1 saturated heterocycles. The zero-order valence-corrected chi connectivity index (χ0v) is 18.5. The van der Waals surface area contributed by atoms with E-state index in [1.165, 1.54) is 16.4 Å². The molecule has 162 valence electrons. The normalized spacial score (nSPS) is 16.3. The van der Waals surface area contributed by atoms with E-state index >= 15 is 0 Å². The standard InChI is InChI=1S/C21H33N3O4S/c1-4-6-7-14-24(17(3)8-5-2)21(26)18-9-11-19(12-10-18)29(27,28)23-15-13-22-20(25)16-23/h9-12,17H,4-8,13-16H2,1-3H3,(H,22,25). The topological polar surface area (TPSA) is 86.8 Å². The maximum atomic E-state index is 13.1. The Morgan fingerprint density at radius 1 is 1.17 bits per heavy atom. The average molecular weight is 424 g/mol. The van der Waals surface area contributed by atoms with E-state index in [2.05, 4.69) is 26.1 Å². The molecule has 7 nitrogen and oxygen atoms in total. The summed E-state index contributed by atoms with van der Waals surface area (Å²) in [6, 6.07) is 6.21. The second-order valence-electron chi connectivity index (χ2n) is 7.56. The molecule has 0 aromatic heterocycles. The van der Waals surface area contributed by atoms with Gasteiger partial charge in [-0.3, -0.25) is 9.59 Å². The van der Waals surface area contributed by atoms with Crippen LogP contribution in [0.3, 0.4) is 0 Å². The lowest BCUT2D eigenvalue weighted by molar-refractivity contribution is -0.122. The van der Waals surface area contributed by atoms with Gasteiger partial charge in [0.15, 0.2) is 0 Å². The summed E-state index contributed by atoms with van der Waals surface area (Å²) < 4.78 is 26.7. The van der Waals surface area contributed by atoms with Gasteiger partial charge in [0.25, 0.3) is 5.91 Å². The quantitative estimate of drug-likeness (QED) is 0.586. The molecule has 0 spiro atoms. The van der Waals surface area contributed by atoms with Gasteiger partial charge in [-0.15, -0.1) is 0 Å². The summed E-state index contributed by atoms with van der Waals surface area (Å²) in [4.78, 5) is 26.6. The Bertz CT molecular complexity index is 793. The van der Waals surface area contributed by atoms with Crippen molar-refractivity contribution < 1.29 is 18.0 Å². The minimum atomic E-state index is -3.75. The van der Waals surface area contributed by atoms with Crippen LogP contribution in [-0.4, -0.2) is 61.7 Å². The lowest BCUT2D eigenvalue weighted by Gasteiger charge is -2.29. The predicted molar refractivity (Wildman–Crippen MR) is 113 cm³/mol. The highest BCUT2D eigenvalue weighted by molar-refractivity contribution is 7.89. The first-order valence-corrected chi connectivity index (χ1v) is 11.9. The van der Waals surface area contributed by atoms with Crippen LogP contribution in [0.2, 0.25) is 0 Å². The van der Waals surface area contributed by atoms with E-state index < -0.39 is 10.0 Å². The third-order valence-electron chi connectivity index (χ3n) is 5.24. The smallest absolute Gasteiger partial charge is 0.254 e. The maximum Gasteiger partial charge on any atom is 0.254 e. The summed E-state index contributed by atoms with van der Waals surface area (Å²) in [6.45, 7) is 7.37. The molecule has 1 unspecified atom stereocenters. The Morgan fingerprint density at radius 3 is 2.45 bits per heavy atom. The summed E-state index contributed by atoms with van der Waals surface area (Å²) in [5.41, 5.74) is 0.486. The molecule has 1 aliphatic heterocycles. The number of amides is 2. The van der Waals surface area contributed by atoms with Crippen molar-refractivity contribution in [3.05, 3.63) is 29.8 Å². The van der Waals surface area contributed by atoms with Gasteiger partial charge in [-0.05, 0) is 44.0 Å². The molecule has 1 heterocycles. The number of benzene rings is 1. The number of piperazine rings is 1. The van der Waals surface area contributed by atoms with E-state index in [1.807, 2.05) is 4.90 Å². The SMILES string of the molecule is CCCCCN(C(=O)c1ccc(S(=O)(=O)N2CCNC(=O)C2)cc1)C(C)CCC.